The standard InChI is InChI=1S/C29H27N3O3/c33-27(34)15-7-5-13-24-28(21-10-2-1-3-11-21)31-23-17-16-22(19-25(23)30-24)29(35)32-18-8-12-20-9-4-6-14-26(20)32/h1-4,6,9-11,14,16-17,19H,5,7-8,12-13,15,18H2,(H,33,34). The lowest BCUT2D eigenvalue weighted by atomic mass is 10.0. The van der Waals surface area contributed by atoms with E-state index in [1.165, 1.54) is 5.56 Å². The monoisotopic (exact) mass is 465 g/mol. The third kappa shape index (κ3) is 4.92. The molecule has 1 aliphatic rings. The fourth-order valence-electron chi connectivity index (χ4n) is 4.69. The summed E-state index contributed by atoms with van der Waals surface area (Å²) < 4.78 is 0. The Labute approximate surface area is 204 Å². The molecule has 0 aliphatic carbocycles. The van der Waals surface area contributed by atoms with Crippen molar-refractivity contribution < 1.29 is 14.7 Å². The van der Waals surface area contributed by atoms with E-state index in [1.54, 1.807) is 0 Å². The second-order valence-electron chi connectivity index (χ2n) is 8.88. The number of anilines is 1. The lowest BCUT2D eigenvalue weighted by Gasteiger charge is -2.29. The molecule has 0 saturated heterocycles. The number of para-hydroxylation sites is 1. The first-order valence-electron chi connectivity index (χ1n) is 12.1. The summed E-state index contributed by atoms with van der Waals surface area (Å²) in [7, 11) is 0. The molecule has 2 heterocycles. The molecule has 0 fully saturated rings. The number of aryl methyl sites for hydroxylation is 2. The number of carboxylic acid groups (broad SMARTS) is 1. The molecule has 0 saturated carbocycles. The highest BCUT2D eigenvalue weighted by molar-refractivity contribution is 6.08. The van der Waals surface area contributed by atoms with E-state index in [2.05, 4.69) is 6.07 Å². The molecule has 176 valence electrons. The van der Waals surface area contributed by atoms with Gasteiger partial charge in [0, 0.05) is 29.8 Å². The zero-order valence-corrected chi connectivity index (χ0v) is 19.5. The van der Waals surface area contributed by atoms with Gasteiger partial charge in [0.25, 0.3) is 5.91 Å². The number of fused-ring (bicyclic) bond motifs is 2. The summed E-state index contributed by atoms with van der Waals surface area (Å²) >= 11 is 0. The molecular formula is C29H27N3O3. The van der Waals surface area contributed by atoms with E-state index in [-0.39, 0.29) is 12.3 Å². The van der Waals surface area contributed by atoms with Crippen molar-refractivity contribution in [2.45, 2.75) is 38.5 Å². The lowest BCUT2D eigenvalue weighted by Crippen LogP contribution is -2.35. The van der Waals surface area contributed by atoms with Crippen LogP contribution in [0.1, 0.15) is 47.3 Å². The molecule has 0 bridgehead atoms. The summed E-state index contributed by atoms with van der Waals surface area (Å²) in [4.78, 5) is 36.1. The van der Waals surface area contributed by atoms with Crippen LogP contribution in [0.25, 0.3) is 22.3 Å². The van der Waals surface area contributed by atoms with Gasteiger partial charge >= 0.3 is 5.97 Å². The number of unbranched alkanes of at least 4 members (excludes halogenated alkanes) is 1. The van der Waals surface area contributed by atoms with Gasteiger partial charge in [0.2, 0.25) is 0 Å². The Balaban J connectivity index is 1.49. The van der Waals surface area contributed by atoms with Crippen LogP contribution in [0.2, 0.25) is 0 Å². The number of rotatable bonds is 7. The molecule has 0 atom stereocenters. The van der Waals surface area contributed by atoms with Crippen LogP contribution in [-0.2, 0) is 17.6 Å². The van der Waals surface area contributed by atoms with Crippen LogP contribution in [0.15, 0.2) is 72.8 Å². The summed E-state index contributed by atoms with van der Waals surface area (Å²) in [5.41, 5.74) is 6.77. The van der Waals surface area contributed by atoms with Crippen molar-refractivity contribution in [1.29, 1.82) is 0 Å². The quantitative estimate of drug-likeness (QED) is 0.355. The zero-order valence-electron chi connectivity index (χ0n) is 19.5. The molecule has 0 spiro atoms. The third-order valence-corrected chi connectivity index (χ3v) is 6.44. The zero-order chi connectivity index (χ0) is 24.2. The molecule has 1 aliphatic heterocycles. The molecular weight excluding hydrogens is 438 g/mol. The maximum absolute atomic E-state index is 13.5. The molecule has 0 radical (unpaired) electrons. The molecule has 1 aromatic heterocycles. The van der Waals surface area contributed by atoms with E-state index >= 15 is 0 Å². The van der Waals surface area contributed by atoms with Crippen molar-refractivity contribution in [2.24, 2.45) is 0 Å². The number of nitrogens with zero attached hydrogens (tertiary/aromatic N) is 3. The van der Waals surface area contributed by atoms with Gasteiger partial charge in [0.05, 0.1) is 22.4 Å². The summed E-state index contributed by atoms with van der Waals surface area (Å²) in [6.45, 7) is 0.696. The minimum absolute atomic E-state index is 0.0315. The van der Waals surface area contributed by atoms with Gasteiger partial charge in [-0.05, 0) is 61.9 Å². The maximum atomic E-state index is 13.5. The number of aromatic nitrogens is 2. The molecule has 1 N–H and O–H groups in total. The first-order chi connectivity index (χ1) is 17.1. The van der Waals surface area contributed by atoms with Crippen molar-refractivity contribution in [1.82, 2.24) is 9.97 Å². The highest BCUT2D eigenvalue weighted by Gasteiger charge is 2.24. The van der Waals surface area contributed by atoms with Crippen molar-refractivity contribution in [3.63, 3.8) is 0 Å². The fraction of sp³-hybridized carbons (Fsp3) is 0.241. The predicted molar refractivity (Wildman–Crippen MR) is 137 cm³/mol. The van der Waals surface area contributed by atoms with Crippen LogP contribution < -0.4 is 4.90 Å². The molecule has 6 heteroatoms. The smallest absolute Gasteiger partial charge is 0.303 e. The number of hydrogen-bond acceptors (Lipinski definition) is 4. The Kier molecular flexibility index (Phi) is 6.53. The minimum Gasteiger partial charge on any atom is -0.481 e. The number of carbonyl (C=O) groups excluding carboxylic acids is 1. The number of carbonyl (C=O) groups is 2. The topological polar surface area (TPSA) is 83.4 Å². The molecule has 6 nitrogen and oxygen atoms in total. The number of hydrogen-bond donors (Lipinski definition) is 1. The average molecular weight is 466 g/mol. The van der Waals surface area contributed by atoms with Gasteiger partial charge in [-0.15, -0.1) is 0 Å². The van der Waals surface area contributed by atoms with E-state index in [9.17, 15) is 9.59 Å². The first-order valence-corrected chi connectivity index (χ1v) is 12.1. The summed E-state index contributed by atoms with van der Waals surface area (Å²) in [6, 6.07) is 23.5. The van der Waals surface area contributed by atoms with E-state index < -0.39 is 5.97 Å². The SMILES string of the molecule is O=C(O)CCCCc1nc2cc(C(=O)N3CCCc4ccccc43)ccc2nc1-c1ccccc1. The van der Waals surface area contributed by atoms with Crippen molar-refractivity contribution in [3.05, 3.63) is 89.6 Å². The number of aliphatic carboxylic acids is 1. The Morgan fingerprint density at radius 3 is 2.51 bits per heavy atom. The van der Waals surface area contributed by atoms with Gasteiger partial charge in [0.1, 0.15) is 0 Å². The number of carboxylic acids is 1. The maximum Gasteiger partial charge on any atom is 0.303 e. The molecule has 1 amide bonds. The average Bonchev–Trinajstić information content (AvgIpc) is 2.90. The summed E-state index contributed by atoms with van der Waals surface area (Å²) in [5, 5.41) is 8.97. The van der Waals surface area contributed by atoms with Gasteiger partial charge < -0.3 is 10.0 Å². The third-order valence-electron chi connectivity index (χ3n) is 6.44. The molecule has 5 rings (SSSR count). The highest BCUT2D eigenvalue weighted by Crippen LogP contribution is 2.29. The second kappa shape index (κ2) is 10.1. The van der Waals surface area contributed by atoms with E-state index in [1.807, 2.05) is 71.6 Å². The Hall–Kier alpha value is -4.06. The van der Waals surface area contributed by atoms with Gasteiger partial charge in [-0.2, -0.15) is 0 Å². The van der Waals surface area contributed by atoms with Crippen molar-refractivity contribution >= 4 is 28.6 Å². The van der Waals surface area contributed by atoms with Crippen molar-refractivity contribution in [2.75, 3.05) is 11.4 Å². The Morgan fingerprint density at radius 1 is 0.886 bits per heavy atom. The number of amides is 1. The number of benzene rings is 3. The minimum atomic E-state index is -0.791. The van der Waals surface area contributed by atoms with Crippen LogP contribution in [-0.4, -0.2) is 33.5 Å². The highest BCUT2D eigenvalue weighted by atomic mass is 16.4. The second-order valence-corrected chi connectivity index (χ2v) is 8.88. The van der Waals surface area contributed by atoms with Gasteiger partial charge in [-0.3, -0.25) is 9.59 Å². The Morgan fingerprint density at radius 2 is 1.69 bits per heavy atom. The normalized spacial score (nSPS) is 13.0. The summed E-state index contributed by atoms with van der Waals surface area (Å²) in [6.07, 6.45) is 3.97. The van der Waals surface area contributed by atoms with Crippen LogP contribution in [0.3, 0.4) is 0 Å². The van der Waals surface area contributed by atoms with Gasteiger partial charge in [-0.25, -0.2) is 9.97 Å². The predicted octanol–water partition coefficient (Wildman–Crippen LogP) is 5.69. The van der Waals surface area contributed by atoms with Crippen LogP contribution in [0.5, 0.6) is 0 Å². The largest absolute Gasteiger partial charge is 0.481 e. The molecule has 35 heavy (non-hydrogen) atoms. The van der Waals surface area contributed by atoms with Crippen LogP contribution in [0.4, 0.5) is 5.69 Å². The lowest BCUT2D eigenvalue weighted by molar-refractivity contribution is -0.137. The molecule has 0 unspecified atom stereocenters. The summed E-state index contributed by atoms with van der Waals surface area (Å²) in [5.74, 6) is -0.823. The molecule has 4 aromatic rings. The van der Waals surface area contributed by atoms with Crippen LogP contribution >= 0.6 is 0 Å². The van der Waals surface area contributed by atoms with Crippen molar-refractivity contribution in [3.8, 4) is 11.3 Å². The first kappa shape index (κ1) is 22.7. The van der Waals surface area contributed by atoms with Crippen LogP contribution in [0, 0.1) is 0 Å². The van der Waals surface area contributed by atoms with Gasteiger partial charge in [0.15, 0.2) is 0 Å². The Bertz CT molecular complexity index is 1380. The van der Waals surface area contributed by atoms with E-state index in [4.69, 9.17) is 15.1 Å². The van der Waals surface area contributed by atoms with E-state index in [0.29, 0.717) is 36.9 Å². The van der Waals surface area contributed by atoms with Gasteiger partial charge in [-0.1, -0.05) is 48.5 Å². The van der Waals surface area contributed by atoms with E-state index in [0.717, 1.165) is 41.0 Å². The molecule has 3 aromatic carbocycles. The fourth-order valence-corrected chi connectivity index (χ4v) is 4.69.